The van der Waals surface area contributed by atoms with Crippen LogP contribution in [0.2, 0.25) is 0 Å². The van der Waals surface area contributed by atoms with E-state index in [1.54, 1.807) is 6.92 Å². The van der Waals surface area contributed by atoms with E-state index in [1.165, 1.54) is 5.56 Å². The van der Waals surface area contributed by atoms with Crippen molar-refractivity contribution in [1.82, 2.24) is 10.2 Å². The number of carbonyl (C=O) groups excluding carboxylic acids is 1. The van der Waals surface area contributed by atoms with Crippen LogP contribution in [0.4, 0.5) is 0 Å². The van der Waals surface area contributed by atoms with Crippen molar-refractivity contribution < 1.29 is 4.79 Å². The van der Waals surface area contributed by atoms with Gasteiger partial charge in [0.05, 0.1) is 0 Å². The summed E-state index contributed by atoms with van der Waals surface area (Å²) in [7, 11) is 0. The van der Waals surface area contributed by atoms with Gasteiger partial charge in [-0.15, -0.1) is 0 Å². The fourth-order valence-corrected chi connectivity index (χ4v) is 2.94. The molecule has 1 unspecified atom stereocenters. The Morgan fingerprint density at radius 1 is 1.32 bits per heavy atom. The van der Waals surface area contributed by atoms with Crippen LogP contribution in [-0.2, 0) is 4.79 Å². The molecule has 1 aromatic carbocycles. The van der Waals surface area contributed by atoms with E-state index in [4.69, 9.17) is 0 Å². The Kier molecular flexibility index (Phi) is 4.99. The summed E-state index contributed by atoms with van der Waals surface area (Å²) in [5.41, 5.74) is 1.35. The minimum absolute atomic E-state index is 0.0828. The van der Waals surface area contributed by atoms with Crippen molar-refractivity contribution in [1.29, 1.82) is 0 Å². The fourth-order valence-electron chi connectivity index (χ4n) is 2.67. The Hall–Kier alpha value is -0.870. The summed E-state index contributed by atoms with van der Waals surface area (Å²) in [6.45, 7) is 5.93. The summed E-state index contributed by atoms with van der Waals surface area (Å²) in [5, 5.41) is 3.02. The van der Waals surface area contributed by atoms with Gasteiger partial charge in [0.1, 0.15) is 0 Å². The van der Waals surface area contributed by atoms with Crippen LogP contribution in [0, 0.1) is 0 Å². The Morgan fingerprint density at radius 2 is 1.89 bits per heavy atom. The third-order valence-electron chi connectivity index (χ3n) is 3.84. The molecule has 4 heteroatoms. The summed E-state index contributed by atoms with van der Waals surface area (Å²) in [5.74, 6) is 0.0828. The number of likely N-dealkylation sites (tertiary alicyclic amines) is 1. The molecule has 104 valence electrons. The van der Waals surface area contributed by atoms with Crippen LogP contribution < -0.4 is 5.32 Å². The molecule has 3 nitrogen and oxygen atoms in total. The lowest BCUT2D eigenvalue weighted by Gasteiger charge is -2.36. The van der Waals surface area contributed by atoms with Crippen LogP contribution in [0.5, 0.6) is 0 Å². The molecule has 1 aliphatic heterocycles. The number of rotatable bonds is 3. The molecule has 1 aromatic rings. The van der Waals surface area contributed by atoms with Gasteiger partial charge < -0.3 is 5.32 Å². The minimum Gasteiger partial charge on any atom is -0.354 e. The van der Waals surface area contributed by atoms with Crippen molar-refractivity contribution in [2.75, 3.05) is 13.1 Å². The summed E-state index contributed by atoms with van der Waals surface area (Å²) in [6.07, 6.45) is 2.08. The molecular weight excluding hydrogens is 304 g/mol. The Morgan fingerprint density at radius 3 is 2.42 bits per heavy atom. The van der Waals surface area contributed by atoms with Gasteiger partial charge in [0.25, 0.3) is 0 Å². The molecule has 1 atom stereocenters. The SMILES string of the molecule is CC(=O)NC1CCN(C(C)c2ccc(Br)cc2)CC1. The van der Waals surface area contributed by atoms with Gasteiger partial charge in [0.2, 0.25) is 5.91 Å². The highest BCUT2D eigenvalue weighted by atomic mass is 79.9. The van der Waals surface area contributed by atoms with Gasteiger partial charge >= 0.3 is 0 Å². The summed E-state index contributed by atoms with van der Waals surface area (Å²) < 4.78 is 1.12. The van der Waals surface area contributed by atoms with Gasteiger partial charge in [0.15, 0.2) is 0 Å². The van der Waals surface area contributed by atoms with Gasteiger partial charge in [-0.05, 0) is 37.5 Å². The van der Waals surface area contributed by atoms with E-state index in [1.807, 2.05) is 0 Å². The van der Waals surface area contributed by atoms with E-state index in [2.05, 4.69) is 57.3 Å². The van der Waals surface area contributed by atoms with Gasteiger partial charge in [-0.3, -0.25) is 9.69 Å². The average Bonchev–Trinajstić information content (AvgIpc) is 2.39. The van der Waals surface area contributed by atoms with Gasteiger partial charge in [-0.2, -0.15) is 0 Å². The Balaban J connectivity index is 1.90. The lowest BCUT2D eigenvalue weighted by atomic mass is 10.0. The van der Waals surface area contributed by atoms with E-state index in [-0.39, 0.29) is 5.91 Å². The highest BCUT2D eigenvalue weighted by Crippen LogP contribution is 2.25. The first-order valence-electron chi connectivity index (χ1n) is 6.83. The zero-order valence-electron chi connectivity index (χ0n) is 11.5. The summed E-state index contributed by atoms with van der Waals surface area (Å²) >= 11 is 3.47. The number of halogens is 1. The molecule has 1 N–H and O–H groups in total. The second-order valence-electron chi connectivity index (χ2n) is 5.24. The quantitative estimate of drug-likeness (QED) is 0.926. The zero-order valence-corrected chi connectivity index (χ0v) is 13.1. The molecule has 0 aliphatic carbocycles. The predicted octanol–water partition coefficient (Wildman–Crippen LogP) is 3.11. The number of amides is 1. The molecule has 2 rings (SSSR count). The standard InChI is InChI=1S/C15H21BrN2O/c1-11(13-3-5-14(16)6-4-13)18-9-7-15(8-10-18)17-12(2)19/h3-6,11,15H,7-10H2,1-2H3,(H,17,19). The first-order valence-corrected chi connectivity index (χ1v) is 7.62. The molecule has 0 radical (unpaired) electrons. The molecular formula is C15H21BrN2O. The van der Waals surface area contributed by atoms with E-state index in [0.29, 0.717) is 12.1 Å². The molecule has 1 aliphatic rings. The van der Waals surface area contributed by atoms with Gasteiger partial charge in [0, 0.05) is 36.6 Å². The normalized spacial score (nSPS) is 19.1. The van der Waals surface area contributed by atoms with Crippen molar-refractivity contribution in [3.05, 3.63) is 34.3 Å². The van der Waals surface area contributed by atoms with Crippen molar-refractivity contribution in [3.8, 4) is 0 Å². The molecule has 0 spiro atoms. The smallest absolute Gasteiger partial charge is 0.217 e. The van der Waals surface area contributed by atoms with Crippen LogP contribution in [0.15, 0.2) is 28.7 Å². The first-order chi connectivity index (χ1) is 9.06. The second kappa shape index (κ2) is 6.53. The maximum Gasteiger partial charge on any atom is 0.217 e. The molecule has 19 heavy (non-hydrogen) atoms. The van der Waals surface area contributed by atoms with Crippen LogP contribution in [0.25, 0.3) is 0 Å². The predicted molar refractivity (Wildman–Crippen MR) is 81.0 cm³/mol. The maximum absolute atomic E-state index is 11.1. The number of benzene rings is 1. The molecule has 0 aromatic heterocycles. The summed E-state index contributed by atoms with van der Waals surface area (Å²) in [6, 6.07) is 9.33. The Bertz CT molecular complexity index is 424. The monoisotopic (exact) mass is 324 g/mol. The molecule has 1 amide bonds. The average molecular weight is 325 g/mol. The molecule has 1 heterocycles. The van der Waals surface area contributed by atoms with Crippen LogP contribution in [0.1, 0.15) is 38.3 Å². The third kappa shape index (κ3) is 4.05. The maximum atomic E-state index is 11.1. The highest BCUT2D eigenvalue weighted by molar-refractivity contribution is 9.10. The van der Waals surface area contributed by atoms with Gasteiger partial charge in [-0.1, -0.05) is 28.1 Å². The van der Waals surface area contributed by atoms with Gasteiger partial charge in [-0.25, -0.2) is 0 Å². The molecule has 0 saturated carbocycles. The number of carbonyl (C=O) groups is 1. The third-order valence-corrected chi connectivity index (χ3v) is 4.37. The Labute approximate surface area is 123 Å². The fraction of sp³-hybridized carbons (Fsp3) is 0.533. The van der Waals surface area contributed by atoms with Crippen molar-refractivity contribution in [2.24, 2.45) is 0 Å². The number of nitrogens with one attached hydrogen (secondary N) is 1. The van der Waals surface area contributed by atoms with Crippen LogP contribution in [-0.4, -0.2) is 29.9 Å². The van der Waals surface area contributed by atoms with Crippen molar-refractivity contribution >= 4 is 21.8 Å². The van der Waals surface area contributed by atoms with Crippen LogP contribution in [0.3, 0.4) is 0 Å². The van der Waals surface area contributed by atoms with Crippen molar-refractivity contribution in [2.45, 2.75) is 38.8 Å². The first kappa shape index (κ1) is 14.5. The van der Waals surface area contributed by atoms with E-state index < -0.39 is 0 Å². The van der Waals surface area contributed by atoms with Crippen molar-refractivity contribution in [3.63, 3.8) is 0 Å². The largest absolute Gasteiger partial charge is 0.354 e. The number of hydrogen-bond acceptors (Lipinski definition) is 2. The molecule has 0 bridgehead atoms. The molecule has 1 saturated heterocycles. The van der Waals surface area contributed by atoms with E-state index in [0.717, 1.165) is 30.4 Å². The van der Waals surface area contributed by atoms with Crippen LogP contribution >= 0.6 is 15.9 Å². The molecule has 1 fully saturated rings. The topological polar surface area (TPSA) is 32.3 Å². The number of nitrogens with zero attached hydrogens (tertiary/aromatic N) is 1. The highest BCUT2D eigenvalue weighted by Gasteiger charge is 2.23. The number of piperidine rings is 1. The lowest BCUT2D eigenvalue weighted by Crippen LogP contribution is -2.44. The zero-order chi connectivity index (χ0) is 13.8. The second-order valence-corrected chi connectivity index (χ2v) is 6.15. The van der Waals surface area contributed by atoms with E-state index >= 15 is 0 Å². The number of hydrogen-bond donors (Lipinski definition) is 1. The van der Waals surface area contributed by atoms with E-state index in [9.17, 15) is 4.79 Å². The minimum atomic E-state index is 0.0828. The summed E-state index contributed by atoms with van der Waals surface area (Å²) in [4.78, 5) is 13.5. The lowest BCUT2D eigenvalue weighted by molar-refractivity contribution is -0.120.